The Kier molecular flexibility index (Phi) is 10.6. The van der Waals surface area contributed by atoms with Crippen LogP contribution < -0.4 is 24.1 Å². The maximum atomic E-state index is 14.5. The van der Waals surface area contributed by atoms with E-state index in [9.17, 15) is 31.5 Å². The van der Waals surface area contributed by atoms with Crippen molar-refractivity contribution in [2.24, 2.45) is 10.4 Å². The van der Waals surface area contributed by atoms with Crippen molar-refractivity contribution in [2.45, 2.75) is 52.9 Å². The highest BCUT2D eigenvalue weighted by atomic mass is 32.1. The van der Waals surface area contributed by atoms with E-state index in [1.54, 1.807) is 13.8 Å². The molecule has 11 nitrogen and oxygen atoms in total. The number of benzene rings is 2. The number of hydrogen-bond donors (Lipinski definition) is 0. The Morgan fingerprint density at radius 3 is 2.56 bits per heavy atom. The Hall–Kier alpha value is -4.89. The third-order valence-corrected chi connectivity index (χ3v) is 8.95. The Morgan fingerprint density at radius 2 is 1.92 bits per heavy atom. The molecule has 0 N–H and O–H groups in total. The lowest BCUT2D eigenvalue weighted by molar-refractivity contribution is -0.138. The number of ether oxygens (including phenoxy) is 2. The zero-order valence-electron chi connectivity index (χ0n) is 27.1. The number of fused-ring (bicyclic) bond motifs is 2. The van der Waals surface area contributed by atoms with Crippen LogP contribution in [0.15, 0.2) is 41.4 Å². The van der Waals surface area contributed by atoms with Crippen LogP contribution >= 0.6 is 22.9 Å². The van der Waals surface area contributed by atoms with Gasteiger partial charge in [-0.25, -0.2) is 13.8 Å². The number of halogens is 5. The summed E-state index contributed by atoms with van der Waals surface area (Å²) in [6.45, 7) is 8.03. The number of amides is 2. The van der Waals surface area contributed by atoms with Crippen molar-refractivity contribution in [1.82, 2.24) is 19.1 Å². The number of rotatable bonds is 7. The highest BCUT2D eigenvalue weighted by molar-refractivity contribution is 7.13. The maximum Gasteiger partial charge on any atom is 0.445 e. The molecule has 264 valence electrons. The summed E-state index contributed by atoms with van der Waals surface area (Å²) in [4.78, 5) is 32.2. The first kappa shape index (κ1) is 36.4. The third kappa shape index (κ3) is 8.28. The van der Waals surface area contributed by atoms with Gasteiger partial charge < -0.3 is 18.9 Å². The van der Waals surface area contributed by atoms with Crippen LogP contribution in [0.1, 0.15) is 38.5 Å². The van der Waals surface area contributed by atoms with E-state index in [1.807, 2.05) is 4.57 Å². The Morgan fingerprint density at radius 1 is 1.20 bits per heavy atom. The summed E-state index contributed by atoms with van der Waals surface area (Å²) in [7, 11) is 0. The van der Waals surface area contributed by atoms with Crippen LogP contribution in [0.2, 0.25) is 0 Å². The molecule has 0 saturated heterocycles. The number of hydrogen-bond acceptors (Lipinski definition) is 10. The van der Waals surface area contributed by atoms with E-state index in [0.717, 1.165) is 18.8 Å². The number of terminal acetylenes is 1. The van der Waals surface area contributed by atoms with Crippen molar-refractivity contribution < 1.29 is 41.0 Å². The molecule has 0 saturated carbocycles. The van der Waals surface area contributed by atoms with E-state index >= 15 is 0 Å². The molecule has 18 heteroatoms. The molecule has 0 atom stereocenters. The zero-order valence-corrected chi connectivity index (χ0v) is 28.8. The smallest absolute Gasteiger partial charge is 0.445 e. The first-order valence-electron chi connectivity index (χ1n) is 15.0. The minimum atomic E-state index is -4.61. The number of alkyl halides is 3. The minimum absolute atomic E-state index is 0.0964. The molecule has 0 spiro atoms. The second-order valence-corrected chi connectivity index (χ2v) is 13.8. The fourth-order valence-corrected chi connectivity index (χ4v) is 6.47. The highest BCUT2D eigenvalue weighted by Crippen LogP contribution is 2.38. The van der Waals surface area contributed by atoms with Crippen LogP contribution in [0.5, 0.6) is 10.9 Å². The normalized spacial score (nSPS) is 15.1. The highest BCUT2D eigenvalue weighted by Gasteiger charge is 2.36. The van der Waals surface area contributed by atoms with E-state index in [1.165, 1.54) is 57.7 Å². The number of aromatic nitrogens is 4. The average molecular weight is 736 g/mol. The Bertz CT molecular complexity index is 2000. The molecule has 2 aliphatic heterocycles. The molecule has 2 aliphatic rings. The van der Waals surface area contributed by atoms with Crippen molar-refractivity contribution >= 4 is 51.7 Å². The molecule has 2 aromatic heterocycles. The standard InChI is InChI=1S/C18H17FN4O2S.C14H13F4N3O2S/c1-4-5-22-13-7-12(11(19)6-14(13)25-9-16(22)24)20-17-23-10-18(2,3)8-15(23)21-26-17;1-8(2)21(10-5-3-9(15)4-6-10)11(22)7-23-13-20-19-12(24-13)14(16,17)18/h1,6-7H,5,8-10H2,2-3H3;3-6,8H,7H2,1-2H3/b20-17-;. The van der Waals surface area contributed by atoms with Gasteiger partial charge in [0.25, 0.3) is 17.0 Å². The van der Waals surface area contributed by atoms with Crippen molar-refractivity contribution in [1.29, 1.82) is 0 Å². The van der Waals surface area contributed by atoms with Crippen LogP contribution in [-0.2, 0) is 28.7 Å². The summed E-state index contributed by atoms with van der Waals surface area (Å²) in [5.74, 6) is 1.98. The third-order valence-electron chi connectivity index (χ3n) is 7.29. The minimum Gasteiger partial charge on any atom is -0.481 e. The van der Waals surface area contributed by atoms with Crippen LogP contribution in [0, 0.1) is 29.4 Å². The maximum absolute atomic E-state index is 14.5. The van der Waals surface area contributed by atoms with Gasteiger partial charge in [-0.05, 0) is 49.6 Å². The molecule has 4 aromatic rings. The lowest BCUT2D eigenvalue weighted by Gasteiger charge is -2.28. The topological polar surface area (TPSA) is 115 Å². The summed E-state index contributed by atoms with van der Waals surface area (Å²) in [6, 6.07) is 7.77. The van der Waals surface area contributed by atoms with Gasteiger partial charge in [0.15, 0.2) is 19.0 Å². The number of carbonyl (C=O) groups excluding carboxylic acids is 2. The van der Waals surface area contributed by atoms with Gasteiger partial charge in [0.05, 0.1) is 12.2 Å². The molecular formula is C32H30F5N7O4S2. The van der Waals surface area contributed by atoms with Gasteiger partial charge in [-0.2, -0.15) is 17.5 Å². The lowest BCUT2D eigenvalue weighted by Crippen LogP contribution is -2.40. The van der Waals surface area contributed by atoms with E-state index in [-0.39, 0.29) is 52.7 Å². The summed E-state index contributed by atoms with van der Waals surface area (Å²) < 4.78 is 81.6. The monoisotopic (exact) mass is 735 g/mol. The lowest BCUT2D eigenvalue weighted by atomic mass is 9.92. The SMILES string of the molecule is C#CCN1C(=O)COc2cc(F)c(/N=c3\snc4n3CC(C)(C)C4)cc21.CC(C)N(C(=O)COc1nnc(C(F)(F)F)s1)c1ccc(F)cc1. The van der Waals surface area contributed by atoms with Gasteiger partial charge >= 0.3 is 6.18 Å². The molecule has 0 fully saturated rings. The number of anilines is 2. The molecule has 2 aromatic carbocycles. The molecule has 0 bridgehead atoms. The van der Waals surface area contributed by atoms with E-state index in [4.69, 9.17) is 15.9 Å². The van der Waals surface area contributed by atoms with Gasteiger partial charge in [0, 0.05) is 42.3 Å². The van der Waals surface area contributed by atoms with E-state index in [2.05, 4.69) is 39.3 Å². The summed E-state index contributed by atoms with van der Waals surface area (Å²) in [5, 5.41) is 4.72. The van der Waals surface area contributed by atoms with Crippen LogP contribution in [0.25, 0.3) is 0 Å². The van der Waals surface area contributed by atoms with Gasteiger partial charge in [0.1, 0.15) is 23.1 Å². The first-order valence-corrected chi connectivity index (χ1v) is 16.6. The molecule has 0 radical (unpaired) electrons. The Balaban J connectivity index is 0.000000195. The van der Waals surface area contributed by atoms with E-state index < -0.39 is 35.3 Å². The molecule has 0 aliphatic carbocycles. The molecule has 6 rings (SSSR count). The molecular weight excluding hydrogens is 706 g/mol. The fourth-order valence-electron chi connectivity index (χ4n) is 5.15. The van der Waals surface area contributed by atoms with Crippen molar-refractivity contribution in [2.75, 3.05) is 29.6 Å². The molecule has 4 heterocycles. The van der Waals surface area contributed by atoms with Gasteiger partial charge in [-0.15, -0.1) is 11.5 Å². The van der Waals surface area contributed by atoms with Gasteiger partial charge in [-0.3, -0.25) is 14.5 Å². The Labute approximate surface area is 291 Å². The second kappa shape index (κ2) is 14.5. The molecule has 50 heavy (non-hydrogen) atoms. The predicted molar refractivity (Wildman–Crippen MR) is 175 cm³/mol. The summed E-state index contributed by atoms with van der Waals surface area (Å²) in [6.07, 6.45) is 1.61. The molecule has 0 unspecified atom stereocenters. The molecule has 2 amide bonds. The quantitative estimate of drug-likeness (QED) is 0.175. The van der Waals surface area contributed by atoms with Gasteiger partial charge in [0.2, 0.25) is 9.81 Å². The zero-order chi connectivity index (χ0) is 36.4. The summed E-state index contributed by atoms with van der Waals surface area (Å²) in [5.41, 5.74) is 1.13. The number of nitrogens with zero attached hydrogens (tertiary/aromatic N) is 7. The van der Waals surface area contributed by atoms with Crippen LogP contribution in [-0.4, -0.2) is 56.8 Å². The predicted octanol–water partition coefficient (Wildman–Crippen LogP) is 5.77. The average Bonchev–Trinajstić information content (AvgIpc) is 3.74. The van der Waals surface area contributed by atoms with Crippen molar-refractivity contribution in [3.8, 4) is 23.3 Å². The van der Waals surface area contributed by atoms with Crippen molar-refractivity contribution in [3.63, 3.8) is 0 Å². The number of carbonyl (C=O) groups is 2. The first-order chi connectivity index (χ1) is 23.6. The second-order valence-electron chi connectivity index (χ2n) is 12.2. The van der Waals surface area contributed by atoms with Gasteiger partial charge in [-0.1, -0.05) is 36.2 Å². The largest absolute Gasteiger partial charge is 0.481 e. The van der Waals surface area contributed by atoms with E-state index in [0.29, 0.717) is 21.9 Å². The van der Waals surface area contributed by atoms with Crippen LogP contribution in [0.3, 0.4) is 0 Å². The fraction of sp³-hybridized carbons (Fsp3) is 0.375. The van der Waals surface area contributed by atoms with Crippen LogP contribution in [0.4, 0.5) is 39.0 Å². The van der Waals surface area contributed by atoms with Crippen molar-refractivity contribution in [3.05, 3.63) is 63.7 Å². The summed E-state index contributed by atoms with van der Waals surface area (Å²) >= 11 is 1.45.